The number of pyridine rings is 1. The van der Waals surface area contributed by atoms with E-state index in [1.807, 2.05) is 6.20 Å². The molecular formula is C14H22N2. The quantitative estimate of drug-likeness (QED) is 0.770. The Hall–Kier alpha value is -0.890. The van der Waals surface area contributed by atoms with Crippen molar-refractivity contribution in [3.8, 4) is 0 Å². The summed E-state index contributed by atoms with van der Waals surface area (Å²) in [6, 6.07) is 4.94. The smallest absolute Gasteiger partial charge is 0.0420 e. The van der Waals surface area contributed by atoms with Crippen LogP contribution >= 0.6 is 0 Å². The van der Waals surface area contributed by atoms with Gasteiger partial charge >= 0.3 is 0 Å². The Balaban J connectivity index is 2.10. The Labute approximate surface area is 98.7 Å². The number of rotatable bonds is 4. The number of hydrogen-bond donors (Lipinski definition) is 0. The summed E-state index contributed by atoms with van der Waals surface area (Å²) in [6.07, 6.45) is 7.13. The van der Waals surface area contributed by atoms with Crippen LogP contribution in [0.1, 0.15) is 49.9 Å². The Kier molecular flexibility index (Phi) is 3.94. The van der Waals surface area contributed by atoms with Crippen molar-refractivity contribution >= 4 is 0 Å². The van der Waals surface area contributed by atoms with E-state index < -0.39 is 0 Å². The van der Waals surface area contributed by atoms with E-state index in [1.54, 1.807) is 0 Å². The van der Waals surface area contributed by atoms with Gasteiger partial charge in [-0.2, -0.15) is 0 Å². The molecule has 0 aromatic carbocycles. The second-order valence-electron chi connectivity index (χ2n) is 4.73. The van der Waals surface area contributed by atoms with Crippen molar-refractivity contribution in [3.05, 3.63) is 29.6 Å². The number of aromatic nitrogens is 1. The van der Waals surface area contributed by atoms with E-state index in [0.29, 0.717) is 6.04 Å². The number of hydrogen-bond acceptors (Lipinski definition) is 2. The van der Waals surface area contributed by atoms with Crippen LogP contribution < -0.4 is 0 Å². The summed E-state index contributed by atoms with van der Waals surface area (Å²) < 4.78 is 0. The zero-order valence-electron chi connectivity index (χ0n) is 10.4. The SMILES string of the molecule is CCCCN1CCC[C@H]1c1cccnc1C. The van der Waals surface area contributed by atoms with Gasteiger partial charge in [-0.05, 0) is 50.9 Å². The van der Waals surface area contributed by atoms with Crippen molar-refractivity contribution in [1.29, 1.82) is 0 Å². The minimum absolute atomic E-state index is 0.625. The van der Waals surface area contributed by atoms with Crippen LogP contribution in [-0.4, -0.2) is 23.0 Å². The molecule has 2 heteroatoms. The van der Waals surface area contributed by atoms with Gasteiger partial charge in [-0.15, -0.1) is 0 Å². The molecule has 0 aliphatic carbocycles. The number of aryl methyl sites for hydroxylation is 1. The van der Waals surface area contributed by atoms with E-state index in [2.05, 4.69) is 35.9 Å². The normalized spacial score (nSPS) is 21.5. The molecular weight excluding hydrogens is 196 g/mol. The summed E-state index contributed by atoms with van der Waals surface area (Å²) in [6.45, 7) is 6.90. The first kappa shape index (κ1) is 11.6. The van der Waals surface area contributed by atoms with Crippen molar-refractivity contribution in [2.45, 2.75) is 45.6 Å². The molecule has 1 aliphatic heterocycles. The lowest BCUT2D eigenvalue weighted by atomic mass is 10.0. The highest BCUT2D eigenvalue weighted by atomic mass is 15.2. The first-order valence-corrected chi connectivity index (χ1v) is 6.48. The molecule has 2 rings (SSSR count). The topological polar surface area (TPSA) is 16.1 Å². The van der Waals surface area contributed by atoms with E-state index in [0.717, 1.165) is 0 Å². The fourth-order valence-electron chi connectivity index (χ4n) is 2.66. The third-order valence-electron chi connectivity index (χ3n) is 3.57. The minimum atomic E-state index is 0.625. The van der Waals surface area contributed by atoms with Crippen LogP contribution in [0.25, 0.3) is 0 Å². The molecule has 16 heavy (non-hydrogen) atoms. The highest BCUT2D eigenvalue weighted by Crippen LogP contribution is 2.32. The van der Waals surface area contributed by atoms with Gasteiger partial charge in [0, 0.05) is 17.9 Å². The molecule has 0 bridgehead atoms. The molecule has 1 fully saturated rings. The van der Waals surface area contributed by atoms with Crippen LogP contribution in [0.5, 0.6) is 0 Å². The number of likely N-dealkylation sites (tertiary alicyclic amines) is 1. The largest absolute Gasteiger partial charge is 0.296 e. The second-order valence-corrected chi connectivity index (χ2v) is 4.73. The van der Waals surface area contributed by atoms with Gasteiger partial charge in [0.2, 0.25) is 0 Å². The van der Waals surface area contributed by atoms with E-state index in [9.17, 15) is 0 Å². The highest BCUT2D eigenvalue weighted by Gasteiger charge is 2.26. The molecule has 0 radical (unpaired) electrons. The van der Waals surface area contributed by atoms with Crippen LogP contribution in [0.15, 0.2) is 18.3 Å². The zero-order valence-corrected chi connectivity index (χ0v) is 10.4. The molecule has 0 saturated carbocycles. The highest BCUT2D eigenvalue weighted by molar-refractivity contribution is 5.23. The Morgan fingerprint density at radius 3 is 3.12 bits per heavy atom. The Morgan fingerprint density at radius 1 is 1.50 bits per heavy atom. The molecule has 88 valence electrons. The van der Waals surface area contributed by atoms with Crippen molar-refractivity contribution in [3.63, 3.8) is 0 Å². The van der Waals surface area contributed by atoms with Gasteiger partial charge in [0.1, 0.15) is 0 Å². The average Bonchev–Trinajstić information content (AvgIpc) is 2.75. The lowest BCUT2D eigenvalue weighted by molar-refractivity contribution is 0.252. The maximum absolute atomic E-state index is 4.41. The standard InChI is InChI=1S/C14H22N2/c1-3-4-10-16-11-6-8-14(16)13-7-5-9-15-12(13)2/h5,7,9,14H,3-4,6,8,10-11H2,1-2H3/t14-/m0/s1. The molecule has 2 nitrogen and oxygen atoms in total. The first-order chi connectivity index (χ1) is 7.83. The van der Waals surface area contributed by atoms with Crippen LogP contribution in [0.3, 0.4) is 0 Å². The molecule has 1 aromatic heterocycles. The van der Waals surface area contributed by atoms with Gasteiger partial charge in [-0.25, -0.2) is 0 Å². The van der Waals surface area contributed by atoms with E-state index in [1.165, 1.54) is 50.0 Å². The Bertz CT molecular complexity index is 335. The molecule has 0 unspecified atom stereocenters. The summed E-state index contributed by atoms with van der Waals surface area (Å²) in [5, 5.41) is 0. The van der Waals surface area contributed by atoms with Gasteiger partial charge in [0.05, 0.1) is 0 Å². The third-order valence-corrected chi connectivity index (χ3v) is 3.57. The molecule has 0 amide bonds. The van der Waals surface area contributed by atoms with Crippen LogP contribution in [-0.2, 0) is 0 Å². The average molecular weight is 218 g/mol. The van der Waals surface area contributed by atoms with Gasteiger partial charge in [0.25, 0.3) is 0 Å². The van der Waals surface area contributed by atoms with Crippen molar-refractivity contribution in [2.75, 3.05) is 13.1 Å². The predicted octanol–water partition coefficient (Wildman–Crippen LogP) is 3.33. The predicted molar refractivity (Wildman–Crippen MR) is 67.4 cm³/mol. The van der Waals surface area contributed by atoms with Crippen molar-refractivity contribution in [2.24, 2.45) is 0 Å². The van der Waals surface area contributed by atoms with Gasteiger partial charge in [-0.3, -0.25) is 9.88 Å². The van der Waals surface area contributed by atoms with Gasteiger partial charge < -0.3 is 0 Å². The maximum Gasteiger partial charge on any atom is 0.0420 e. The molecule has 0 N–H and O–H groups in total. The number of nitrogens with zero attached hydrogens (tertiary/aromatic N) is 2. The molecule has 1 aliphatic rings. The molecule has 1 saturated heterocycles. The zero-order chi connectivity index (χ0) is 11.4. The summed E-state index contributed by atoms with van der Waals surface area (Å²) in [7, 11) is 0. The minimum Gasteiger partial charge on any atom is -0.296 e. The first-order valence-electron chi connectivity index (χ1n) is 6.48. The fraction of sp³-hybridized carbons (Fsp3) is 0.643. The molecule has 1 atom stereocenters. The van der Waals surface area contributed by atoms with E-state index >= 15 is 0 Å². The number of unbranched alkanes of at least 4 members (excludes halogenated alkanes) is 1. The summed E-state index contributed by atoms with van der Waals surface area (Å²) in [4.78, 5) is 7.04. The fourth-order valence-corrected chi connectivity index (χ4v) is 2.66. The van der Waals surface area contributed by atoms with E-state index in [-0.39, 0.29) is 0 Å². The lowest BCUT2D eigenvalue weighted by Gasteiger charge is -2.25. The second kappa shape index (κ2) is 5.44. The monoisotopic (exact) mass is 218 g/mol. The lowest BCUT2D eigenvalue weighted by Crippen LogP contribution is -2.25. The summed E-state index contributed by atoms with van der Waals surface area (Å²) in [5.74, 6) is 0. The van der Waals surface area contributed by atoms with Crippen LogP contribution in [0.4, 0.5) is 0 Å². The molecule has 2 heterocycles. The van der Waals surface area contributed by atoms with Crippen LogP contribution in [0, 0.1) is 6.92 Å². The summed E-state index contributed by atoms with van der Waals surface area (Å²) >= 11 is 0. The summed E-state index contributed by atoms with van der Waals surface area (Å²) in [5.41, 5.74) is 2.65. The van der Waals surface area contributed by atoms with Crippen molar-refractivity contribution in [1.82, 2.24) is 9.88 Å². The van der Waals surface area contributed by atoms with Crippen LogP contribution in [0.2, 0.25) is 0 Å². The molecule has 0 spiro atoms. The Morgan fingerprint density at radius 2 is 2.38 bits per heavy atom. The third kappa shape index (κ3) is 2.43. The maximum atomic E-state index is 4.41. The van der Waals surface area contributed by atoms with Gasteiger partial charge in [0.15, 0.2) is 0 Å². The van der Waals surface area contributed by atoms with E-state index in [4.69, 9.17) is 0 Å². The van der Waals surface area contributed by atoms with Gasteiger partial charge in [-0.1, -0.05) is 19.4 Å². The van der Waals surface area contributed by atoms with Crippen molar-refractivity contribution < 1.29 is 0 Å². The molecule has 1 aromatic rings.